The Morgan fingerprint density at radius 1 is 1.38 bits per heavy atom. The minimum atomic E-state index is -0.255. The fraction of sp³-hybridized carbons (Fsp3) is 0.417. The van der Waals surface area contributed by atoms with E-state index in [1.165, 1.54) is 18.2 Å². The number of carbonyl (C=O) groups excluding carboxylic acids is 1. The Labute approximate surface area is 95.0 Å². The maximum Gasteiger partial charge on any atom is 0.324 e. The Morgan fingerprint density at radius 2 is 2.12 bits per heavy atom. The minimum Gasteiger partial charge on any atom is -0.468 e. The SMILES string of the molecule is COC(=O)C1CC(c2ccccc2C)NN1. The average molecular weight is 220 g/mol. The van der Waals surface area contributed by atoms with Gasteiger partial charge in [0.2, 0.25) is 0 Å². The van der Waals surface area contributed by atoms with E-state index in [0.717, 1.165) is 6.42 Å². The summed E-state index contributed by atoms with van der Waals surface area (Å²) in [6.45, 7) is 2.07. The summed E-state index contributed by atoms with van der Waals surface area (Å²) < 4.78 is 4.71. The number of hydrazine groups is 1. The molecule has 0 bridgehead atoms. The standard InChI is InChI=1S/C12H16N2O2/c1-8-5-3-4-6-9(8)10-7-11(14-13-10)12(15)16-2/h3-6,10-11,13-14H,7H2,1-2H3. The Bertz CT molecular complexity index is 392. The summed E-state index contributed by atoms with van der Waals surface area (Å²) in [7, 11) is 1.41. The van der Waals surface area contributed by atoms with E-state index in [1.807, 2.05) is 12.1 Å². The third-order valence-electron chi connectivity index (χ3n) is 2.95. The zero-order valence-electron chi connectivity index (χ0n) is 9.49. The molecule has 1 fully saturated rings. The first-order chi connectivity index (χ1) is 7.72. The predicted octanol–water partition coefficient (Wildman–Crippen LogP) is 1.08. The summed E-state index contributed by atoms with van der Waals surface area (Å²) in [5, 5.41) is 0. The third-order valence-corrected chi connectivity index (χ3v) is 2.95. The maximum atomic E-state index is 11.4. The van der Waals surface area contributed by atoms with Crippen molar-refractivity contribution < 1.29 is 9.53 Å². The number of nitrogens with one attached hydrogen (secondary N) is 2. The van der Waals surface area contributed by atoms with E-state index in [2.05, 4.69) is 29.9 Å². The highest BCUT2D eigenvalue weighted by Gasteiger charge is 2.31. The Hall–Kier alpha value is -1.39. The van der Waals surface area contributed by atoms with Crippen LogP contribution in [0.4, 0.5) is 0 Å². The van der Waals surface area contributed by atoms with Gasteiger partial charge in [-0.15, -0.1) is 0 Å². The lowest BCUT2D eigenvalue weighted by Gasteiger charge is -2.12. The summed E-state index contributed by atoms with van der Waals surface area (Å²) in [6.07, 6.45) is 0.720. The van der Waals surface area contributed by atoms with Crippen molar-refractivity contribution in [3.63, 3.8) is 0 Å². The van der Waals surface area contributed by atoms with Crippen molar-refractivity contribution in [3.8, 4) is 0 Å². The van der Waals surface area contributed by atoms with Gasteiger partial charge in [-0.05, 0) is 24.5 Å². The van der Waals surface area contributed by atoms with Crippen molar-refractivity contribution in [1.82, 2.24) is 10.9 Å². The van der Waals surface area contributed by atoms with Crippen LogP contribution in [-0.2, 0) is 9.53 Å². The highest BCUT2D eigenvalue weighted by atomic mass is 16.5. The lowest BCUT2D eigenvalue weighted by molar-refractivity contribution is -0.142. The van der Waals surface area contributed by atoms with Gasteiger partial charge in [-0.2, -0.15) is 0 Å². The van der Waals surface area contributed by atoms with Crippen LogP contribution in [0.3, 0.4) is 0 Å². The normalized spacial score (nSPS) is 24.4. The number of hydrogen-bond acceptors (Lipinski definition) is 4. The number of rotatable bonds is 2. The van der Waals surface area contributed by atoms with Crippen LogP contribution in [0.1, 0.15) is 23.6 Å². The molecule has 86 valence electrons. The van der Waals surface area contributed by atoms with Crippen molar-refractivity contribution in [1.29, 1.82) is 0 Å². The fourth-order valence-corrected chi connectivity index (χ4v) is 2.03. The van der Waals surface area contributed by atoms with Crippen LogP contribution in [0.25, 0.3) is 0 Å². The molecule has 2 N–H and O–H groups in total. The summed E-state index contributed by atoms with van der Waals surface area (Å²) in [5.74, 6) is -0.219. The molecule has 2 atom stereocenters. The van der Waals surface area contributed by atoms with E-state index < -0.39 is 0 Å². The van der Waals surface area contributed by atoms with Gasteiger partial charge in [0.25, 0.3) is 0 Å². The van der Waals surface area contributed by atoms with E-state index >= 15 is 0 Å². The lowest BCUT2D eigenvalue weighted by Crippen LogP contribution is -2.36. The first-order valence-corrected chi connectivity index (χ1v) is 5.37. The molecular formula is C12H16N2O2. The average Bonchev–Trinajstić information content (AvgIpc) is 2.78. The van der Waals surface area contributed by atoms with Gasteiger partial charge < -0.3 is 4.74 Å². The molecule has 1 aromatic carbocycles. The first-order valence-electron chi connectivity index (χ1n) is 5.37. The highest BCUT2D eigenvalue weighted by Crippen LogP contribution is 2.24. The van der Waals surface area contributed by atoms with Crippen molar-refractivity contribution in [2.24, 2.45) is 0 Å². The molecular weight excluding hydrogens is 204 g/mol. The molecule has 1 aliphatic rings. The third kappa shape index (κ3) is 2.08. The molecule has 4 heteroatoms. The summed E-state index contributed by atoms with van der Waals surface area (Å²) in [4.78, 5) is 11.4. The zero-order valence-corrected chi connectivity index (χ0v) is 9.49. The molecule has 1 heterocycles. The molecule has 1 aliphatic heterocycles. The number of esters is 1. The molecule has 0 saturated carbocycles. The second-order valence-corrected chi connectivity index (χ2v) is 4.01. The second kappa shape index (κ2) is 4.63. The molecule has 0 spiro atoms. The molecule has 0 aromatic heterocycles. The number of benzene rings is 1. The Balaban J connectivity index is 2.09. The van der Waals surface area contributed by atoms with E-state index in [-0.39, 0.29) is 18.1 Å². The van der Waals surface area contributed by atoms with Gasteiger partial charge in [0, 0.05) is 6.04 Å². The number of methoxy groups -OCH3 is 1. The van der Waals surface area contributed by atoms with Crippen molar-refractivity contribution >= 4 is 5.97 Å². The van der Waals surface area contributed by atoms with Crippen molar-refractivity contribution in [2.75, 3.05) is 7.11 Å². The van der Waals surface area contributed by atoms with Crippen LogP contribution in [-0.4, -0.2) is 19.1 Å². The molecule has 1 aromatic rings. The minimum absolute atomic E-state index is 0.172. The predicted molar refractivity (Wildman–Crippen MR) is 60.6 cm³/mol. The zero-order chi connectivity index (χ0) is 11.5. The number of carbonyl (C=O) groups is 1. The topological polar surface area (TPSA) is 50.4 Å². The summed E-state index contributed by atoms with van der Waals surface area (Å²) >= 11 is 0. The smallest absolute Gasteiger partial charge is 0.324 e. The molecule has 4 nitrogen and oxygen atoms in total. The maximum absolute atomic E-state index is 11.4. The van der Waals surface area contributed by atoms with Gasteiger partial charge in [0.05, 0.1) is 7.11 Å². The van der Waals surface area contributed by atoms with E-state index in [0.29, 0.717) is 0 Å². The Kier molecular flexibility index (Phi) is 3.22. The highest BCUT2D eigenvalue weighted by molar-refractivity contribution is 5.76. The molecule has 0 radical (unpaired) electrons. The van der Waals surface area contributed by atoms with E-state index in [1.54, 1.807) is 0 Å². The number of hydrogen-bond donors (Lipinski definition) is 2. The van der Waals surface area contributed by atoms with E-state index in [9.17, 15) is 4.79 Å². The molecule has 0 aliphatic carbocycles. The fourth-order valence-electron chi connectivity index (χ4n) is 2.03. The Morgan fingerprint density at radius 3 is 2.81 bits per heavy atom. The summed E-state index contributed by atoms with van der Waals surface area (Å²) in [5.41, 5.74) is 8.54. The second-order valence-electron chi connectivity index (χ2n) is 4.01. The van der Waals surface area contributed by atoms with Crippen LogP contribution in [0.2, 0.25) is 0 Å². The first kappa shape index (κ1) is 11.1. The van der Waals surface area contributed by atoms with Crippen LogP contribution in [0, 0.1) is 6.92 Å². The monoisotopic (exact) mass is 220 g/mol. The van der Waals surface area contributed by atoms with Gasteiger partial charge in [-0.1, -0.05) is 24.3 Å². The van der Waals surface area contributed by atoms with Crippen LogP contribution in [0.5, 0.6) is 0 Å². The largest absolute Gasteiger partial charge is 0.468 e. The molecule has 1 saturated heterocycles. The van der Waals surface area contributed by atoms with E-state index in [4.69, 9.17) is 4.74 Å². The van der Waals surface area contributed by atoms with Crippen LogP contribution >= 0.6 is 0 Å². The summed E-state index contributed by atoms with van der Waals surface area (Å²) in [6, 6.07) is 8.09. The number of aryl methyl sites for hydroxylation is 1. The number of ether oxygens (including phenoxy) is 1. The molecule has 2 unspecified atom stereocenters. The molecule has 0 amide bonds. The van der Waals surface area contributed by atoms with Gasteiger partial charge in [0.15, 0.2) is 0 Å². The van der Waals surface area contributed by atoms with Crippen LogP contribution in [0.15, 0.2) is 24.3 Å². The molecule has 2 rings (SSSR count). The van der Waals surface area contributed by atoms with Crippen molar-refractivity contribution in [3.05, 3.63) is 35.4 Å². The van der Waals surface area contributed by atoms with Crippen molar-refractivity contribution in [2.45, 2.75) is 25.4 Å². The molecule has 16 heavy (non-hydrogen) atoms. The van der Waals surface area contributed by atoms with Gasteiger partial charge in [-0.3, -0.25) is 4.79 Å². The quantitative estimate of drug-likeness (QED) is 0.732. The van der Waals surface area contributed by atoms with Gasteiger partial charge in [0.1, 0.15) is 6.04 Å². The lowest BCUT2D eigenvalue weighted by atomic mass is 9.98. The van der Waals surface area contributed by atoms with Gasteiger partial charge in [-0.25, -0.2) is 10.9 Å². The van der Waals surface area contributed by atoms with Gasteiger partial charge >= 0.3 is 5.97 Å². The van der Waals surface area contributed by atoms with Crippen LogP contribution < -0.4 is 10.9 Å².